The Morgan fingerprint density at radius 3 is 2.67 bits per heavy atom. The fourth-order valence-corrected chi connectivity index (χ4v) is 3.09. The number of sulfonamides is 1. The predicted molar refractivity (Wildman–Crippen MR) is 79.3 cm³/mol. The SMILES string of the molecule is COC(CNS(=O)(=O)c1cnn(C)c1)c1ccccc1C. The fraction of sp³-hybridized carbons (Fsp3) is 0.357. The maximum Gasteiger partial charge on any atom is 0.243 e. The van der Waals surface area contributed by atoms with Crippen molar-refractivity contribution in [3.63, 3.8) is 0 Å². The highest BCUT2D eigenvalue weighted by molar-refractivity contribution is 7.89. The Morgan fingerprint density at radius 2 is 2.10 bits per heavy atom. The van der Waals surface area contributed by atoms with Crippen LogP contribution in [0.4, 0.5) is 0 Å². The van der Waals surface area contributed by atoms with E-state index in [-0.39, 0.29) is 17.5 Å². The van der Waals surface area contributed by atoms with Gasteiger partial charge in [0, 0.05) is 26.9 Å². The van der Waals surface area contributed by atoms with Crippen LogP contribution in [0.1, 0.15) is 17.2 Å². The summed E-state index contributed by atoms with van der Waals surface area (Å²) in [4.78, 5) is 0.143. The van der Waals surface area contributed by atoms with Crippen LogP contribution in [0.5, 0.6) is 0 Å². The van der Waals surface area contributed by atoms with Crippen molar-refractivity contribution < 1.29 is 13.2 Å². The lowest BCUT2D eigenvalue weighted by Crippen LogP contribution is -2.29. The third-order valence-corrected chi connectivity index (χ3v) is 4.65. The maximum absolute atomic E-state index is 12.2. The molecule has 0 radical (unpaired) electrons. The highest BCUT2D eigenvalue weighted by Crippen LogP contribution is 2.20. The zero-order valence-corrected chi connectivity index (χ0v) is 13.1. The zero-order valence-electron chi connectivity index (χ0n) is 12.3. The van der Waals surface area contributed by atoms with Crippen LogP contribution >= 0.6 is 0 Å². The molecule has 1 unspecified atom stereocenters. The molecular formula is C14H19N3O3S. The van der Waals surface area contributed by atoms with E-state index in [0.717, 1.165) is 11.1 Å². The number of methoxy groups -OCH3 is 1. The molecule has 0 saturated carbocycles. The average molecular weight is 309 g/mol. The van der Waals surface area contributed by atoms with Crippen LogP contribution in [0.25, 0.3) is 0 Å². The average Bonchev–Trinajstić information content (AvgIpc) is 2.89. The van der Waals surface area contributed by atoms with Crippen molar-refractivity contribution in [2.24, 2.45) is 7.05 Å². The first kappa shape index (κ1) is 15.7. The van der Waals surface area contributed by atoms with Crippen LogP contribution in [0, 0.1) is 6.92 Å². The molecule has 6 nitrogen and oxygen atoms in total. The molecule has 1 N–H and O–H groups in total. The lowest BCUT2D eigenvalue weighted by atomic mass is 10.0. The molecule has 2 aromatic rings. The number of nitrogens with zero attached hydrogens (tertiary/aromatic N) is 2. The molecule has 0 saturated heterocycles. The van der Waals surface area contributed by atoms with Crippen molar-refractivity contribution in [1.82, 2.24) is 14.5 Å². The fourth-order valence-electron chi connectivity index (χ4n) is 2.07. The number of ether oxygens (including phenoxy) is 1. The minimum absolute atomic E-state index is 0.143. The van der Waals surface area contributed by atoms with Crippen LogP contribution in [0.3, 0.4) is 0 Å². The van der Waals surface area contributed by atoms with E-state index in [4.69, 9.17) is 4.74 Å². The number of hydrogen-bond donors (Lipinski definition) is 1. The number of nitrogens with one attached hydrogen (secondary N) is 1. The van der Waals surface area contributed by atoms with E-state index in [1.807, 2.05) is 31.2 Å². The van der Waals surface area contributed by atoms with Gasteiger partial charge in [0.05, 0.1) is 12.3 Å². The molecule has 1 aromatic carbocycles. The molecule has 21 heavy (non-hydrogen) atoms. The second kappa shape index (κ2) is 6.38. The number of aromatic nitrogens is 2. The summed E-state index contributed by atoms with van der Waals surface area (Å²) < 4.78 is 33.7. The topological polar surface area (TPSA) is 73.2 Å². The van der Waals surface area contributed by atoms with Crippen molar-refractivity contribution in [3.8, 4) is 0 Å². The summed E-state index contributed by atoms with van der Waals surface area (Å²) in [5, 5.41) is 3.87. The van der Waals surface area contributed by atoms with E-state index < -0.39 is 10.0 Å². The lowest BCUT2D eigenvalue weighted by molar-refractivity contribution is 0.107. The molecule has 1 heterocycles. The Labute approximate surface area is 124 Å². The van der Waals surface area contributed by atoms with Gasteiger partial charge in [-0.25, -0.2) is 13.1 Å². The molecule has 7 heteroatoms. The van der Waals surface area contributed by atoms with Crippen LogP contribution in [0.2, 0.25) is 0 Å². The maximum atomic E-state index is 12.2. The van der Waals surface area contributed by atoms with E-state index in [0.29, 0.717) is 0 Å². The molecular weight excluding hydrogens is 290 g/mol. The first-order chi connectivity index (χ1) is 9.94. The predicted octanol–water partition coefficient (Wildman–Crippen LogP) is 1.39. The third kappa shape index (κ3) is 3.69. The summed E-state index contributed by atoms with van der Waals surface area (Å²) in [6.07, 6.45) is 2.44. The largest absolute Gasteiger partial charge is 0.375 e. The van der Waals surface area contributed by atoms with Gasteiger partial charge in [0.2, 0.25) is 10.0 Å². The Hall–Kier alpha value is -1.70. The van der Waals surface area contributed by atoms with E-state index in [9.17, 15) is 8.42 Å². The molecule has 0 aliphatic carbocycles. The summed E-state index contributed by atoms with van der Waals surface area (Å²) in [6.45, 7) is 2.13. The monoisotopic (exact) mass is 309 g/mol. The van der Waals surface area contributed by atoms with Crippen LogP contribution in [0.15, 0.2) is 41.6 Å². The molecule has 1 aromatic heterocycles. The van der Waals surface area contributed by atoms with Gasteiger partial charge >= 0.3 is 0 Å². The van der Waals surface area contributed by atoms with Gasteiger partial charge in [0.15, 0.2) is 0 Å². The molecule has 0 spiro atoms. The summed E-state index contributed by atoms with van der Waals surface area (Å²) in [5.74, 6) is 0. The van der Waals surface area contributed by atoms with E-state index in [1.54, 1.807) is 14.2 Å². The van der Waals surface area contributed by atoms with Gasteiger partial charge in [0.1, 0.15) is 4.90 Å². The first-order valence-electron chi connectivity index (χ1n) is 6.50. The molecule has 0 aliphatic heterocycles. The molecule has 1 atom stereocenters. The van der Waals surface area contributed by atoms with E-state index in [1.165, 1.54) is 17.1 Å². The van der Waals surface area contributed by atoms with Gasteiger partial charge in [-0.3, -0.25) is 4.68 Å². The Bertz CT molecular complexity index is 710. The van der Waals surface area contributed by atoms with Gasteiger partial charge in [-0.05, 0) is 18.1 Å². The number of rotatable bonds is 6. The molecule has 0 aliphatic rings. The Morgan fingerprint density at radius 1 is 1.38 bits per heavy atom. The van der Waals surface area contributed by atoms with Gasteiger partial charge in [-0.1, -0.05) is 24.3 Å². The van der Waals surface area contributed by atoms with Crippen LogP contribution in [-0.2, 0) is 21.8 Å². The van der Waals surface area contributed by atoms with Gasteiger partial charge < -0.3 is 4.74 Å². The molecule has 114 valence electrons. The van der Waals surface area contributed by atoms with Gasteiger partial charge in [-0.2, -0.15) is 5.10 Å². The lowest BCUT2D eigenvalue weighted by Gasteiger charge is -2.18. The summed E-state index contributed by atoms with van der Waals surface area (Å²) in [7, 11) is -0.343. The second-order valence-electron chi connectivity index (χ2n) is 4.78. The molecule has 0 bridgehead atoms. The smallest absolute Gasteiger partial charge is 0.243 e. The van der Waals surface area contributed by atoms with Crippen molar-refractivity contribution in [3.05, 3.63) is 47.8 Å². The quantitative estimate of drug-likeness (QED) is 0.875. The van der Waals surface area contributed by atoms with E-state index in [2.05, 4.69) is 9.82 Å². The number of aryl methyl sites for hydroxylation is 2. The van der Waals surface area contributed by atoms with Crippen molar-refractivity contribution in [1.29, 1.82) is 0 Å². The van der Waals surface area contributed by atoms with E-state index >= 15 is 0 Å². The third-order valence-electron chi connectivity index (χ3n) is 3.27. The van der Waals surface area contributed by atoms with Gasteiger partial charge in [-0.15, -0.1) is 0 Å². The minimum atomic E-state index is -3.58. The van der Waals surface area contributed by atoms with Crippen molar-refractivity contribution >= 4 is 10.0 Å². The second-order valence-corrected chi connectivity index (χ2v) is 6.55. The number of hydrogen-bond acceptors (Lipinski definition) is 4. The zero-order chi connectivity index (χ0) is 15.5. The van der Waals surface area contributed by atoms with Crippen LogP contribution in [-0.4, -0.2) is 31.9 Å². The Balaban J connectivity index is 2.12. The normalized spacial score (nSPS) is 13.3. The highest BCUT2D eigenvalue weighted by Gasteiger charge is 2.20. The molecule has 0 fully saturated rings. The summed E-state index contributed by atoms with van der Waals surface area (Å²) in [5.41, 5.74) is 2.03. The molecule has 0 amide bonds. The molecule has 2 rings (SSSR count). The minimum Gasteiger partial charge on any atom is -0.375 e. The Kier molecular flexibility index (Phi) is 4.76. The highest BCUT2D eigenvalue weighted by atomic mass is 32.2. The standard InChI is InChI=1S/C14H19N3O3S/c1-11-6-4-5-7-13(11)14(20-3)9-16-21(18,19)12-8-15-17(2)10-12/h4-8,10,14,16H,9H2,1-3H3. The van der Waals surface area contributed by atoms with Crippen molar-refractivity contribution in [2.45, 2.75) is 17.9 Å². The summed E-state index contributed by atoms with van der Waals surface area (Å²) in [6, 6.07) is 7.74. The van der Waals surface area contributed by atoms with Gasteiger partial charge in [0.25, 0.3) is 0 Å². The van der Waals surface area contributed by atoms with Crippen molar-refractivity contribution in [2.75, 3.05) is 13.7 Å². The van der Waals surface area contributed by atoms with Crippen LogP contribution < -0.4 is 4.72 Å². The first-order valence-corrected chi connectivity index (χ1v) is 7.99. The number of benzene rings is 1. The summed E-state index contributed by atoms with van der Waals surface area (Å²) >= 11 is 0.